The SMILES string of the molecule is CCN(CCO)CCc1cccc(OC(F)(F)F)c1. The standard InChI is InChI=1S/C13H18F3NO2/c1-2-17(8-9-18)7-6-11-4-3-5-12(10-11)19-13(14,15)16/h3-5,10,18H,2,6-9H2,1H3. The van der Waals surface area contributed by atoms with Gasteiger partial charge in [-0.05, 0) is 30.7 Å². The second kappa shape index (κ2) is 7.35. The van der Waals surface area contributed by atoms with E-state index in [2.05, 4.69) is 4.74 Å². The lowest BCUT2D eigenvalue weighted by Crippen LogP contribution is -2.28. The zero-order valence-corrected chi connectivity index (χ0v) is 10.8. The maximum atomic E-state index is 12.1. The monoisotopic (exact) mass is 277 g/mol. The van der Waals surface area contributed by atoms with E-state index in [1.165, 1.54) is 12.1 Å². The summed E-state index contributed by atoms with van der Waals surface area (Å²) in [5.74, 6) is -0.199. The van der Waals surface area contributed by atoms with Gasteiger partial charge in [0.2, 0.25) is 0 Å². The summed E-state index contributed by atoms with van der Waals surface area (Å²) in [6.45, 7) is 4.09. The minimum absolute atomic E-state index is 0.0745. The Bertz CT molecular complexity index is 382. The fraction of sp³-hybridized carbons (Fsp3) is 0.538. The Kier molecular flexibility index (Phi) is 6.11. The van der Waals surface area contributed by atoms with Gasteiger partial charge in [0.1, 0.15) is 5.75 Å². The van der Waals surface area contributed by atoms with Gasteiger partial charge in [-0.25, -0.2) is 0 Å². The number of nitrogens with zero attached hydrogens (tertiary/aromatic N) is 1. The molecule has 3 nitrogen and oxygen atoms in total. The number of aliphatic hydroxyl groups excluding tert-OH is 1. The first-order valence-corrected chi connectivity index (χ1v) is 6.12. The molecule has 0 fully saturated rings. The molecule has 0 aliphatic rings. The normalized spacial score (nSPS) is 11.9. The lowest BCUT2D eigenvalue weighted by atomic mass is 10.1. The van der Waals surface area contributed by atoms with E-state index < -0.39 is 6.36 Å². The van der Waals surface area contributed by atoms with Gasteiger partial charge in [-0.15, -0.1) is 13.2 Å². The number of benzene rings is 1. The van der Waals surface area contributed by atoms with Gasteiger partial charge in [0.05, 0.1) is 6.61 Å². The van der Waals surface area contributed by atoms with Crippen molar-refractivity contribution in [3.05, 3.63) is 29.8 Å². The van der Waals surface area contributed by atoms with Gasteiger partial charge in [-0.1, -0.05) is 19.1 Å². The van der Waals surface area contributed by atoms with Crippen molar-refractivity contribution in [1.82, 2.24) is 4.90 Å². The van der Waals surface area contributed by atoms with E-state index in [0.717, 1.165) is 12.1 Å². The van der Waals surface area contributed by atoms with Gasteiger partial charge in [0.25, 0.3) is 0 Å². The Morgan fingerprint density at radius 3 is 2.58 bits per heavy atom. The highest BCUT2D eigenvalue weighted by Crippen LogP contribution is 2.23. The summed E-state index contributed by atoms with van der Waals surface area (Å²) >= 11 is 0. The van der Waals surface area contributed by atoms with Crippen LogP contribution in [0.3, 0.4) is 0 Å². The minimum atomic E-state index is -4.66. The summed E-state index contributed by atoms with van der Waals surface area (Å²) in [4.78, 5) is 2.03. The molecule has 0 amide bonds. The van der Waals surface area contributed by atoms with Gasteiger partial charge in [0.15, 0.2) is 0 Å². The van der Waals surface area contributed by atoms with Gasteiger partial charge in [0, 0.05) is 13.1 Å². The molecule has 19 heavy (non-hydrogen) atoms. The number of aliphatic hydroxyl groups is 1. The summed E-state index contributed by atoms with van der Waals surface area (Å²) < 4.78 is 40.1. The van der Waals surface area contributed by atoms with Crippen LogP contribution in [0.15, 0.2) is 24.3 Å². The van der Waals surface area contributed by atoms with Crippen molar-refractivity contribution >= 4 is 0 Å². The number of hydrogen-bond donors (Lipinski definition) is 1. The number of rotatable bonds is 7. The molecule has 0 heterocycles. The molecule has 0 aromatic heterocycles. The van der Waals surface area contributed by atoms with Crippen LogP contribution in [0.25, 0.3) is 0 Å². The second-order valence-electron chi connectivity index (χ2n) is 4.10. The zero-order chi connectivity index (χ0) is 14.3. The van der Waals surface area contributed by atoms with Crippen LogP contribution < -0.4 is 4.74 Å². The molecule has 0 saturated heterocycles. The van der Waals surface area contributed by atoms with Crippen molar-refractivity contribution < 1.29 is 23.0 Å². The smallest absolute Gasteiger partial charge is 0.406 e. The van der Waals surface area contributed by atoms with E-state index >= 15 is 0 Å². The molecule has 0 atom stereocenters. The van der Waals surface area contributed by atoms with Crippen molar-refractivity contribution in [2.75, 3.05) is 26.2 Å². The number of ether oxygens (including phenoxy) is 1. The van der Waals surface area contributed by atoms with Crippen molar-refractivity contribution in [2.45, 2.75) is 19.7 Å². The first kappa shape index (κ1) is 15.8. The van der Waals surface area contributed by atoms with E-state index in [1.807, 2.05) is 11.8 Å². The molecule has 6 heteroatoms. The van der Waals surface area contributed by atoms with E-state index in [0.29, 0.717) is 19.5 Å². The molecule has 0 spiro atoms. The third-order valence-corrected chi connectivity index (χ3v) is 2.71. The Labute approximate surface area is 110 Å². The van der Waals surface area contributed by atoms with E-state index in [4.69, 9.17) is 5.11 Å². The molecule has 1 aromatic rings. The molecule has 0 bridgehead atoms. The summed E-state index contributed by atoms with van der Waals surface area (Å²) in [6.07, 6.45) is -4.05. The van der Waals surface area contributed by atoms with Crippen LogP contribution in [0.1, 0.15) is 12.5 Å². The van der Waals surface area contributed by atoms with Crippen molar-refractivity contribution in [3.63, 3.8) is 0 Å². The predicted molar refractivity (Wildman–Crippen MR) is 66.0 cm³/mol. The molecule has 0 radical (unpaired) electrons. The Morgan fingerprint density at radius 2 is 2.00 bits per heavy atom. The zero-order valence-electron chi connectivity index (χ0n) is 10.8. The quantitative estimate of drug-likeness (QED) is 0.831. The molecule has 0 aliphatic carbocycles. The summed E-state index contributed by atoms with van der Waals surface area (Å²) in [7, 11) is 0. The van der Waals surface area contributed by atoms with Crippen molar-refractivity contribution in [1.29, 1.82) is 0 Å². The van der Waals surface area contributed by atoms with Crippen LogP contribution in [0, 0.1) is 0 Å². The Balaban J connectivity index is 2.57. The molecule has 0 unspecified atom stereocenters. The first-order chi connectivity index (χ1) is 8.94. The third-order valence-electron chi connectivity index (χ3n) is 2.71. The highest BCUT2D eigenvalue weighted by atomic mass is 19.4. The third kappa shape index (κ3) is 6.45. The maximum Gasteiger partial charge on any atom is 0.573 e. The Morgan fingerprint density at radius 1 is 1.26 bits per heavy atom. The fourth-order valence-corrected chi connectivity index (χ4v) is 1.75. The fourth-order valence-electron chi connectivity index (χ4n) is 1.75. The molecular weight excluding hydrogens is 259 g/mol. The summed E-state index contributed by atoms with van der Waals surface area (Å²) in [5.41, 5.74) is 0.776. The van der Waals surface area contributed by atoms with Crippen LogP contribution >= 0.6 is 0 Å². The van der Waals surface area contributed by atoms with Crippen LogP contribution in [0.4, 0.5) is 13.2 Å². The van der Waals surface area contributed by atoms with E-state index in [1.54, 1.807) is 12.1 Å². The number of likely N-dealkylation sites (N-methyl/N-ethyl adjacent to an activating group) is 1. The Hall–Kier alpha value is -1.27. The first-order valence-electron chi connectivity index (χ1n) is 6.12. The molecule has 0 saturated carbocycles. The minimum Gasteiger partial charge on any atom is -0.406 e. The van der Waals surface area contributed by atoms with Gasteiger partial charge >= 0.3 is 6.36 Å². The van der Waals surface area contributed by atoms with Crippen molar-refractivity contribution in [3.8, 4) is 5.75 Å². The van der Waals surface area contributed by atoms with Crippen LogP contribution in [-0.4, -0.2) is 42.6 Å². The van der Waals surface area contributed by atoms with Gasteiger partial charge in [-0.3, -0.25) is 0 Å². The van der Waals surface area contributed by atoms with E-state index in [9.17, 15) is 13.2 Å². The second-order valence-corrected chi connectivity index (χ2v) is 4.10. The maximum absolute atomic E-state index is 12.1. The average molecular weight is 277 g/mol. The van der Waals surface area contributed by atoms with Crippen LogP contribution in [0.2, 0.25) is 0 Å². The van der Waals surface area contributed by atoms with E-state index in [-0.39, 0.29) is 12.4 Å². The topological polar surface area (TPSA) is 32.7 Å². The van der Waals surface area contributed by atoms with Crippen LogP contribution in [0.5, 0.6) is 5.75 Å². The molecule has 1 aromatic carbocycles. The summed E-state index contributed by atoms with van der Waals surface area (Å²) in [5, 5.41) is 8.85. The lowest BCUT2D eigenvalue weighted by molar-refractivity contribution is -0.274. The highest BCUT2D eigenvalue weighted by molar-refractivity contribution is 5.28. The van der Waals surface area contributed by atoms with Gasteiger partial charge < -0.3 is 14.7 Å². The average Bonchev–Trinajstić information content (AvgIpc) is 2.33. The highest BCUT2D eigenvalue weighted by Gasteiger charge is 2.31. The number of alkyl halides is 3. The lowest BCUT2D eigenvalue weighted by Gasteiger charge is -2.19. The molecule has 108 valence electrons. The molecule has 0 aliphatic heterocycles. The predicted octanol–water partition coefficient (Wildman–Crippen LogP) is 2.44. The summed E-state index contributed by atoms with van der Waals surface area (Å²) in [6, 6.07) is 5.97. The molecule has 1 N–H and O–H groups in total. The number of hydrogen-bond acceptors (Lipinski definition) is 3. The van der Waals surface area contributed by atoms with Gasteiger partial charge in [-0.2, -0.15) is 0 Å². The van der Waals surface area contributed by atoms with Crippen LogP contribution in [-0.2, 0) is 6.42 Å². The van der Waals surface area contributed by atoms with Crippen molar-refractivity contribution in [2.24, 2.45) is 0 Å². The molecular formula is C13H18F3NO2. The number of halogens is 3. The molecule has 1 rings (SSSR count). The largest absolute Gasteiger partial charge is 0.573 e.